The molecule has 0 bridgehead atoms. The molecule has 0 heterocycles. The highest BCUT2D eigenvalue weighted by Gasteiger charge is 2.31. The van der Waals surface area contributed by atoms with Crippen LogP contribution >= 0.6 is 0 Å². The first-order valence-corrected chi connectivity index (χ1v) is 7.34. The Morgan fingerprint density at radius 1 is 1.30 bits per heavy atom. The van der Waals surface area contributed by atoms with Crippen LogP contribution in [0.5, 0.6) is 0 Å². The number of esters is 1. The first kappa shape index (κ1) is 17.5. The minimum atomic E-state index is -4.38. The molecule has 1 aromatic carbocycles. The van der Waals surface area contributed by atoms with E-state index in [1.807, 2.05) is 0 Å². The molecule has 126 valence electrons. The van der Waals surface area contributed by atoms with Crippen molar-refractivity contribution in [3.63, 3.8) is 0 Å². The molecule has 0 radical (unpaired) electrons. The van der Waals surface area contributed by atoms with Gasteiger partial charge in [-0.05, 0) is 50.5 Å². The molecule has 0 amide bonds. The van der Waals surface area contributed by atoms with E-state index in [1.165, 1.54) is 7.11 Å². The highest BCUT2D eigenvalue weighted by Crippen LogP contribution is 2.33. The third-order valence-corrected chi connectivity index (χ3v) is 3.81. The maximum atomic E-state index is 12.9. The zero-order valence-corrected chi connectivity index (χ0v) is 13.2. The molecule has 3 nitrogen and oxygen atoms in total. The zero-order chi connectivity index (χ0) is 17.2. The van der Waals surface area contributed by atoms with E-state index in [4.69, 9.17) is 4.74 Å². The van der Waals surface area contributed by atoms with Crippen molar-refractivity contribution in [2.45, 2.75) is 45.1 Å². The topological polar surface area (TPSA) is 35.5 Å². The standard InChI is InChI=1S/C17H19F3O3/c1-10-6-13(8-14(7-10)17(18,19)20)11(2)23-15-5-4-12(9-15)16(21)22-3/h6-9,11,15H,4-5H2,1-3H3/t11-,15+/m1/s1. The van der Waals surface area contributed by atoms with Crippen LogP contribution in [0.2, 0.25) is 0 Å². The van der Waals surface area contributed by atoms with Crippen molar-refractivity contribution in [3.8, 4) is 0 Å². The van der Waals surface area contributed by atoms with Gasteiger partial charge >= 0.3 is 12.1 Å². The van der Waals surface area contributed by atoms with Gasteiger partial charge in [-0.3, -0.25) is 0 Å². The Labute approximate surface area is 133 Å². The summed E-state index contributed by atoms with van der Waals surface area (Å²) in [5, 5.41) is 0. The van der Waals surface area contributed by atoms with E-state index in [1.54, 1.807) is 26.0 Å². The molecular weight excluding hydrogens is 309 g/mol. The van der Waals surface area contributed by atoms with Gasteiger partial charge in [-0.1, -0.05) is 11.6 Å². The lowest BCUT2D eigenvalue weighted by molar-refractivity contribution is -0.138. The van der Waals surface area contributed by atoms with Gasteiger partial charge in [-0.25, -0.2) is 4.79 Å². The average molecular weight is 328 g/mol. The number of benzene rings is 1. The molecule has 1 aromatic rings. The normalized spacial score (nSPS) is 19.4. The summed E-state index contributed by atoms with van der Waals surface area (Å²) >= 11 is 0. The average Bonchev–Trinajstić information content (AvgIpc) is 2.93. The highest BCUT2D eigenvalue weighted by atomic mass is 19.4. The van der Waals surface area contributed by atoms with Crippen molar-refractivity contribution in [2.24, 2.45) is 0 Å². The van der Waals surface area contributed by atoms with Gasteiger partial charge in [0, 0.05) is 5.57 Å². The third-order valence-electron chi connectivity index (χ3n) is 3.81. The summed E-state index contributed by atoms with van der Waals surface area (Å²) in [5.74, 6) is -0.390. The predicted molar refractivity (Wildman–Crippen MR) is 78.8 cm³/mol. The summed E-state index contributed by atoms with van der Waals surface area (Å²) in [7, 11) is 1.31. The van der Waals surface area contributed by atoms with Crippen LogP contribution < -0.4 is 0 Å². The Morgan fingerprint density at radius 2 is 2.00 bits per heavy atom. The molecule has 23 heavy (non-hydrogen) atoms. The van der Waals surface area contributed by atoms with Crippen LogP contribution in [0.15, 0.2) is 29.8 Å². The maximum Gasteiger partial charge on any atom is 0.416 e. The van der Waals surface area contributed by atoms with Crippen LogP contribution in [-0.2, 0) is 20.4 Å². The van der Waals surface area contributed by atoms with Crippen LogP contribution in [-0.4, -0.2) is 19.2 Å². The molecule has 0 N–H and O–H groups in total. The van der Waals surface area contributed by atoms with Crippen LogP contribution in [0.1, 0.15) is 42.6 Å². The second kappa shape index (κ2) is 6.74. The van der Waals surface area contributed by atoms with Gasteiger partial charge in [0.1, 0.15) is 0 Å². The van der Waals surface area contributed by atoms with E-state index in [-0.39, 0.29) is 6.10 Å². The third kappa shape index (κ3) is 4.34. The van der Waals surface area contributed by atoms with Crippen molar-refractivity contribution in [2.75, 3.05) is 7.11 Å². The van der Waals surface area contributed by atoms with Gasteiger partial charge in [0.05, 0.1) is 24.9 Å². The molecule has 1 aliphatic carbocycles. The molecule has 0 aliphatic heterocycles. The van der Waals surface area contributed by atoms with Gasteiger partial charge in [-0.15, -0.1) is 0 Å². The van der Waals surface area contributed by atoms with Crippen molar-refractivity contribution < 1.29 is 27.4 Å². The molecule has 2 rings (SSSR count). The van der Waals surface area contributed by atoms with E-state index >= 15 is 0 Å². The van der Waals surface area contributed by atoms with Crippen LogP contribution in [0.4, 0.5) is 13.2 Å². The monoisotopic (exact) mass is 328 g/mol. The molecule has 0 saturated heterocycles. The number of rotatable bonds is 4. The van der Waals surface area contributed by atoms with Crippen molar-refractivity contribution >= 4 is 5.97 Å². The molecule has 0 unspecified atom stereocenters. The molecule has 0 spiro atoms. The summed E-state index contributed by atoms with van der Waals surface area (Å²) in [6.45, 7) is 3.33. The van der Waals surface area contributed by atoms with Crippen LogP contribution in [0.25, 0.3) is 0 Å². The molecule has 0 aromatic heterocycles. The molecule has 0 saturated carbocycles. The number of carbonyl (C=O) groups is 1. The Bertz CT molecular complexity index is 620. The summed E-state index contributed by atoms with van der Waals surface area (Å²) in [6, 6.07) is 3.90. The first-order chi connectivity index (χ1) is 10.7. The summed E-state index contributed by atoms with van der Waals surface area (Å²) < 4.78 is 49.1. The van der Waals surface area contributed by atoms with Crippen LogP contribution in [0, 0.1) is 6.92 Å². The number of hydrogen-bond donors (Lipinski definition) is 0. The van der Waals surface area contributed by atoms with E-state index in [0.29, 0.717) is 29.5 Å². The Kier molecular flexibility index (Phi) is 5.14. The van der Waals surface area contributed by atoms with E-state index in [0.717, 1.165) is 12.1 Å². The van der Waals surface area contributed by atoms with Gasteiger partial charge < -0.3 is 9.47 Å². The van der Waals surface area contributed by atoms with Gasteiger partial charge in [-0.2, -0.15) is 13.2 Å². The number of alkyl halides is 3. The van der Waals surface area contributed by atoms with Crippen molar-refractivity contribution in [1.82, 2.24) is 0 Å². The molecule has 0 fully saturated rings. The molecule has 1 aliphatic rings. The second-order valence-electron chi connectivity index (χ2n) is 5.67. The number of hydrogen-bond acceptors (Lipinski definition) is 3. The number of methoxy groups -OCH3 is 1. The van der Waals surface area contributed by atoms with Crippen LogP contribution in [0.3, 0.4) is 0 Å². The zero-order valence-electron chi connectivity index (χ0n) is 13.2. The second-order valence-corrected chi connectivity index (χ2v) is 5.67. The Hall–Kier alpha value is -1.82. The van der Waals surface area contributed by atoms with E-state index in [2.05, 4.69) is 4.74 Å². The summed E-state index contributed by atoms with van der Waals surface area (Å²) in [4.78, 5) is 11.4. The number of ether oxygens (including phenoxy) is 2. The highest BCUT2D eigenvalue weighted by molar-refractivity contribution is 5.88. The molecule has 6 heteroatoms. The number of aryl methyl sites for hydroxylation is 1. The molecule has 2 atom stereocenters. The lowest BCUT2D eigenvalue weighted by Crippen LogP contribution is -2.12. The maximum absolute atomic E-state index is 12.9. The summed E-state index contributed by atoms with van der Waals surface area (Å²) in [6.07, 6.45) is -2.34. The van der Waals surface area contributed by atoms with Gasteiger partial charge in [0.25, 0.3) is 0 Å². The number of carbonyl (C=O) groups excluding carboxylic acids is 1. The number of halogens is 3. The lowest BCUT2D eigenvalue weighted by Gasteiger charge is -2.19. The summed E-state index contributed by atoms with van der Waals surface area (Å²) in [5.41, 5.74) is 0.866. The van der Waals surface area contributed by atoms with Gasteiger partial charge in [0.15, 0.2) is 0 Å². The fraction of sp³-hybridized carbons (Fsp3) is 0.471. The quantitative estimate of drug-likeness (QED) is 0.771. The predicted octanol–water partition coefficient (Wildman–Crippen LogP) is 4.35. The van der Waals surface area contributed by atoms with Gasteiger partial charge in [0.2, 0.25) is 0 Å². The fourth-order valence-electron chi connectivity index (χ4n) is 2.65. The Balaban J connectivity index is 2.13. The minimum Gasteiger partial charge on any atom is -0.466 e. The smallest absolute Gasteiger partial charge is 0.416 e. The first-order valence-electron chi connectivity index (χ1n) is 7.34. The van der Waals surface area contributed by atoms with E-state index < -0.39 is 23.8 Å². The van der Waals surface area contributed by atoms with Crippen molar-refractivity contribution in [3.05, 3.63) is 46.5 Å². The minimum absolute atomic E-state index is 0.297. The van der Waals surface area contributed by atoms with E-state index in [9.17, 15) is 18.0 Å². The Morgan fingerprint density at radius 3 is 2.61 bits per heavy atom. The lowest BCUT2D eigenvalue weighted by atomic mass is 10.0. The SMILES string of the molecule is COC(=O)C1=C[C@@H](O[C@H](C)c2cc(C)cc(C(F)(F)F)c2)CC1. The fourth-order valence-corrected chi connectivity index (χ4v) is 2.65. The molecular formula is C17H19F3O3. The van der Waals surface area contributed by atoms with Crippen molar-refractivity contribution in [1.29, 1.82) is 0 Å². The largest absolute Gasteiger partial charge is 0.466 e.